The number of aliphatic carboxylic acids is 1. The molecule has 1 atom stereocenters. The molecule has 0 aromatic carbocycles. The lowest BCUT2D eigenvalue weighted by molar-refractivity contribution is -0.132. The van der Waals surface area contributed by atoms with Crippen molar-refractivity contribution >= 4 is 5.97 Å². The summed E-state index contributed by atoms with van der Waals surface area (Å²) in [6.07, 6.45) is 11.1. The Morgan fingerprint density at radius 2 is 2.00 bits per heavy atom. The molecule has 0 aliphatic heterocycles. The van der Waals surface area contributed by atoms with Crippen molar-refractivity contribution in [3.05, 3.63) is 35.6 Å². The predicted molar refractivity (Wildman–Crippen MR) is 74.3 cm³/mol. The Morgan fingerprint density at radius 1 is 1.33 bits per heavy atom. The summed E-state index contributed by atoms with van der Waals surface area (Å²) in [4.78, 5) is 13.3. The van der Waals surface area contributed by atoms with Gasteiger partial charge >= 0.3 is 5.97 Å². The van der Waals surface area contributed by atoms with Crippen LogP contribution in [-0.2, 0) is 4.79 Å². The number of carboxylic acids is 1. The van der Waals surface area contributed by atoms with Crippen molar-refractivity contribution in [2.45, 2.75) is 33.1 Å². The summed E-state index contributed by atoms with van der Waals surface area (Å²) >= 11 is 0. The van der Waals surface area contributed by atoms with E-state index in [0.29, 0.717) is 5.57 Å². The van der Waals surface area contributed by atoms with Gasteiger partial charge in [0.1, 0.15) is 0 Å². The van der Waals surface area contributed by atoms with E-state index < -0.39 is 5.97 Å². The van der Waals surface area contributed by atoms with Gasteiger partial charge in [-0.1, -0.05) is 38.8 Å². The summed E-state index contributed by atoms with van der Waals surface area (Å²) in [6, 6.07) is 0. The van der Waals surface area contributed by atoms with E-state index >= 15 is 0 Å². The zero-order chi connectivity index (χ0) is 13.5. The van der Waals surface area contributed by atoms with E-state index in [9.17, 15) is 9.90 Å². The number of hydrogen-bond acceptors (Lipinski definition) is 2. The van der Waals surface area contributed by atoms with Gasteiger partial charge in [0.15, 0.2) is 0 Å². The molecule has 1 rings (SSSR count). The summed E-state index contributed by atoms with van der Waals surface area (Å²) < 4.78 is 0. The third-order valence-electron chi connectivity index (χ3n) is 3.14. The van der Waals surface area contributed by atoms with Crippen LogP contribution < -0.4 is 0 Å². The van der Waals surface area contributed by atoms with Crippen molar-refractivity contribution in [3.8, 4) is 0 Å². The van der Waals surface area contributed by atoms with Crippen LogP contribution in [0.4, 0.5) is 0 Å². The topological polar surface area (TPSA) is 40.5 Å². The summed E-state index contributed by atoms with van der Waals surface area (Å²) in [6.45, 7) is 5.11. The Kier molecular flexibility index (Phi) is 5.69. The van der Waals surface area contributed by atoms with Crippen LogP contribution in [0.1, 0.15) is 33.1 Å². The maximum atomic E-state index is 11.3. The number of rotatable bonds is 6. The number of hydrogen-bond donors (Lipinski definition) is 1. The number of allylic oxidation sites excluding steroid dienone is 3. The average Bonchev–Trinajstić information content (AvgIpc) is 2.51. The number of unbranched alkanes of at least 4 members (excludes halogenated alkanes) is 2. The van der Waals surface area contributed by atoms with Gasteiger partial charge in [-0.3, -0.25) is 0 Å². The highest BCUT2D eigenvalue weighted by molar-refractivity contribution is 5.91. The second-order valence-corrected chi connectivity index (χ2v) is 4.81. The fourth-order valence-corrected chi connectivity index (χ4v) is 1.96. The average molecular weight is 249 g/mol. The summed E-state index contributed by atoms with van der Waals surface area (Å²) in [7, 11) is 1.96. The molecule has 1 aliphatic rings. The van der Waals surface area contributed by atoms with Gasteiger partial charge in [-0.15, -0.1) is 0 Å². The van der Waals surface area contributed by atoms with Crippen molar-refractivity contribution in [3.63, 3.8) is 0 Å². The van der Waals surface area contributed by atoms with E-state index in [2.05, 4.69) is 6.92 Å². The molecular formula is C15H23NO2. The minimum Gasteiger partial charge on any atom is -0.478 e. The molecule has 100 valence electrons. The van der Waals surface area contributed by atoms with Crippen molar-refractivity contribution in [2.75, 3.05) is 13.6 Å². The molecule has 1 unspecified atom stereocenters. The highest BCUT2D eigenvalue weighted by atomic mass is 16.4. The van der Waals surface area contributed by atoms with Crippen LogP contribution in [-0.4, -0.2) is 29.6 Å². The molecule has 0 heterocycles. The molecule has 0 aromatic rings. The highest BCUT2D eigenvalue weighted by Gasteiger charge is 2.15. The normalized spacial score (nSPS) is 18.9. The molecule has 3 heteroatoms. The van der Waals surface area contributed by atoms with Gasteiger partial charge in [0.25, 0.3) is 0 Å². The third kappa shape index (κ3) is 4.06. The lowest BCUT2D eigenvalue weighted by atomic mass is 10.1. The van der Waals surface area contributed by atoms with Crippen LogP contribution >= 0.6 is 0 Å². The fourth-order valence-electron chi connectivity index (χ4n) is 1.96. The maximum Gasteiger partial charge on any atom is 0.337 e. The Bertz CT molecular complexity index is 380. The van der Waals surface area contributed by atoms with Gasteiger partial charge in [-0.25, -0.2) is 4.79 Å². The smallest absolute Gasteiger partial charge is 0.337 e. The second-order valence-electron chi connectivity index (χ2n) is 4.81. The Hall–Kier alpha value is -1.51. The quantitative estimate of drug-likeness (QED) is 0.735. The first-order chi connectivity index (χ1) is 8.56. The lowest BCUT2D eigenvalue weighted by Crippen LogP contribution is -2.21. The Morgan fingerprint density at radius 3 is 2.61 bits per heavy atom. The molecule has 0 fully saturated rings. The van der Waals surface area contributed by atoms with Crippen LogP contribution in [0.25, 0.3) is 0 Å². The van der Waals surface area contributed by atoms with Crippen LogP contribution in [0, 0.1) is 5.92 Å². The van der Waals surface area contributed by atoms with Crippen molar-refractivity contribution in [1.29, 1.82) is 0 Å². The molecule has 0 amide bonds. The molecule has 1 N–H and O–H groups in total. The minimum absolute atomic E-state index is 0.279. The monoisotopic (exact) mass is 249 g/mol. The molecular weight excluding hydrogens is 226 g/mol. The van der Waals surface area contributed by atoms with Crippen LogP contribution in [0.5, 0.6) is 0 Å². The molecule has 18 heavy (non-hydrogen) atoms. The van der Waals surface area contributed by atoms with Crippen molar-refractivity contribution in [1.82, 2.24) is 4.90 Å². The zero-order valence-electron chi connectivity index (χ0n) is 11.5. The Balaban J connectivity index is 2.88. The zero-order valence-corrected chi connectivity index (χ0v) is 11.5. The van der Waals surface area contributed by atoms with Gasteiger partial charge in [0.2, 0.25) is 0 Å². The van der Waals surface area contributed by atoms with Crippen LogP contribution in [0.3, 0.4) is 0 Å². The fraction of sp³-hybridized carbons (Fsp3) is 0.533. The van der Waals surface area contributed by atoms with Crippen LogP contribution in [0.15, 0.2) is 35.6 Å². The largest absolute Gasteiger partial charge is 0.478 e. The summed E-state index contributed by atoms with van der Waals surface area (Å²) in [5, 5.41) is 9.27. The molecule has 3 nitrogen and oxygen atoms in total. The maximum absolute atomic E-state index is 11.3. The van der Waals surface area contributed by atoms with E-state index in [4.69, 9.17) is 0 Å². The number of nitrogens with zero attached hydrogens (tertiary/aromatic N) is 1. The summed E-state index contributed by atoms with van der Waals surface area (Å²) in [5.74, 6) is -0.580. The second kappa shape index (κ2) is 7.04. The van der Waals surface area contributed by atoms with E-state index in [1.165, 1.54) is 12.8 Å². The summed E-state index contributed by atoms with van der Waals surface area (Å²) in [5.41, 5.74) is 1.19. The number of carboxylic acid groups (broad SMARTS) is 1. The van der Waals surface area contributed by atoms with Crippen molar-refractivity contribution < 1.29 is 9.90 Å². The molecule has 0 radical (unpaired) electrons. The van der Waals surface area contributed by atoms with Crippen molar-refractivity contribution in [2.24, 2.45) is 5.92 Å². The molecule has 0 saturated heterocycles. The van der Waals surface area contributed by atoms with Gasteiger partial charge in [-0.05, 0) is 24.5 Å². The van der Waals surface area contributed by atoms with E-state index in [-0.39, 0.29) is 5.92 Å². The van der Waals surface area contributed by atoms with E-state index in [0.717, 1.165) is 18.7 Å². The van der Waals surface area contributed by atoms with E-state index in [1.807, 2.05) is 37.1 Å². The third-order valence-corrected chi connectivity index (χ3v) is 3.14. The van der Waals surface area contributed by atoms with Gasteiger partial charge in [-0.2, -0.15) is 0 Å². The van der Waals surface area contributed by atoms with Gasteiger partial charge in [0.05, 0.1) is 11.3 Å². The molecule has 0 spiro atoms. The lowest BCUT2D eigenvalue weighted by Gasteiger charge is -2.21. The number of carbonyl (C=O) groups is 1. The first-order valence-electron chi connectivity index (χ1n) is 6.61. The van der Waals surface area contributed by atoms with Gasteiger partial charge in [0, 0.05) is 13.6 Å². The molecule has 0 aromatic heterocycles. The standard InChI is InChI=1S/C15H23NO2/c1-4-5-6-11-16(3)14-10-8-12(2)7-9-13(14)15(17)18/h7-10,12H,4-6,11H2,1-3H3,(H,17,18). The number of likely N-dealkylation sites (N-methyl/N-ethyl adjacent to an activating group) is 1. The molecule has 1 aliphatic carbocycles. The SMILES string of the molecule is CCCCCN(C)C1=C(C(=O)O)C=CC(C)C=C1. The van der Waals surface area contributed by atoms with Gasteiger partial charge < -0.3 is 10.0 Å². The highest BCUT2D eigenvalue weighted by Crippen LogP contribution is 2.19. The minimum atomic E-state index is -0.859. The first kappa shape index (κ1) is 14.6. The Labute approximate surface area is 109 Å². The van der Waals surface area contributed by atoms with E-state index in [1.54, 1.807) is 6.08 Å². The van der Waals surface area contributed by atoms with Crippen LogP contribution in [0.2, 0.25) is 0 Å². The molecule has 0 saturated carbocycles. The first-order valence-corrected chi connectivity index (χ1v) is 6.61. The molecule has 0 bridgehead atoms. The predicted octanol–water partition coefficient (Wildman–Crippen LogP) is 3.21.